The highest BCUT2D eigenvalue weighted by Crippen LogP contribution is 2.29. The number of amides is 2. The van der Waals surface area contributed by atoms with Crippen molar-refractivity contribution in [1.82, 2.24) is 5.32 Å². The van der Waals surface area contributed by atoms with Crippen molar-refractivity contribution in [3.63, 3.8) is 0 Å². The van der Waals surface area contributed by atoms with Gasteiger partial charge in [0.05, 0.1) is 21.1 Å². The molecule has 0 spiro atoms. The van der Waals surface area contributed by atoms with Gasteiger partial charge in [-0.05, 0) is 56.4 Å². The molecule has 162 valence electrons. The first-order valence-corrected chi connectivity index (χ1v) is 10.8. The Morgan fingerprint density at radius 3 is 2.39 bits per heavy atom. The largest absolute Gasteiger partial charge is 0.371 e. The van der Waals surface area contributed by atoms with Crippen molar-refractivity contribution in [2.24, 2.45) is 0 Å². The zero-order valence-corrected chi connectivity index (χ0v) is 17.7. The van der Waals surface area contributed by atoms with E-state index in [2.05, 4.69) is 15.5 Å². The molecule has 1 aliphatic heterocycles. The van der Waals surface area contributed by atoms with Gasteiger partial charge in [-0.15, -0.1) is 0 Å². The number of nitro benzene ring substituents is 1. The number of hydrogen-bond donors (Lipinski definition) is 2. The number of hydrogen-bond acceptors (Lipinski definition) is 5. The maximum absolute atomic E-state index is 12.9. The fraction of sp³-hybridized carbons (Fsp3) is 0.364. The lowest BCUT2D eigenvalue weighted by molar-refractivity contribution is -0.384. The van der Waals surface area contributed by atoms with Crippen LogP contribution >= 0.6 is 11.6 Å². The van der Waals surface area contributed by atoms with Crippen LogP contribution in [0, 0.1) is 10.1 Å². The molecule has 1 aliphatic carbocycles. The van der Waals surface area contributed by atoms with Gasteiger partial charge in [-0.2, -0.15) is 0 Å². The Morgan fingerprint density at radius 2 is 1.74 bits per heavy atom. The molecule has 0 bridgehead atoms. The van der Waals surface area contributed by atoms with Crippen LogP contribution in [0.1, 0.15) is 52.8 Å². The van der Waals surface area contributed by atoms with Gasteiger partial charge in [0.15, 0.2) is 0 Å². The van der Waals surface area contributed by atoms with Gasteiger partial charge in [-0.3, -0.25) is 19.7 Å². The third-order valence-corrected chi connectivity index (χ3v) is 5.83. The first kappa shape index (κ1) is 21.1. The Bertz CT molecular complexity index is 1030. The lowest BCUT2D eigenvalue weighted by atomic mass is 10.1. The Hall–Kier alpha value is -3.13. The molecule has 2 aliphatic rings. The second-order valence-corrected chi connectivity index (χ2v) is 8.31. The maximum atomic E-state index is 12.9. The number of non-ortho nitro benzene ring substituents is 1. The molecule has 2 amide bonds. The van der Waals surface area contributed by atoms with Gasteiger partial charge in [-0.25, -0.2) is 0 Å². The third kappa shape index (κ3) is 4.96. The Morgan fingerprint density at radius 1 is 1.00 bits per heavy atom. The second kappa shape index (κ2) is 8.93. The normalized spacial score (nSPS) is 16.0. The van der Waals surface area contributed by atoms with Gasteiger partial charge in [0.25, 0.3) is 17.5 Å². The summed E-state index contributed by atoms with van der Waals surface area (Å²) >= 11 is 6.07. The van der Waals surface area contributed by atoms with Crippen LogP contribution in [0.15, 0.2) is 36.4 Å². The number of nitrogens with one attached hydrogen (secondary N) is 2. The molecule has 9 heteroatoms. The fourth-order valence-electron chi connectivity index (χ4n) is 3.70. The lowest BCUT2D eigenvalue weighted by Gasteiger charge is -2.30. The van der Waals surface area contributed by atoms with Crippen LogP contribution in [0.4, 0.5) is 17.1 Å². The summed E-state index contributed by atoms with van der Waals surface area (Å²) in [4.78, 5) is 38.1. The van der Waals surface area contributed by atoms with Crippen LogP contribution in [0.25, 0.3) is 0 Å². The van der Waals surface area contributed by atoms with Crippen molar-refractivity contribution in [3.8, 4) is 0 Å². The SMILES string of the molecule is O=C(Nc1ccc(N2CCCCC2)c(C(=O)NC2CC2)c1)c1ccc([N+](=O)[O-])cc1Cl. The van der Waals surface area contributed by atoms with Gasteiger partial charge in [-0.1, -0.05) is 11.6 Å². The van der Waals surface area contributed by atoms with Crippen LogP contribution in [0.3, 0.4) is 0 Å². The molecular formula is C22H23ClN4O4. The summed E-state index contributed by atoms with van der Waals surface area (Å²) in [6.45, 7) is 1.79. The molecule has 2 aromatic carbocycles. The van der Waals surface area contributed by atoms with Crippen LogP contribution < -0.4 is 15.5 Å². The summed E-state index contributed by atoms with van der Waals surface area (Å²) in [5.74, 6) is -0.647. The van der Waals surface area contributed by atoms with E-state index in [1.54, 1.807) is 12.1 Å². The molecule has 1 heterocycles. The van der Waals surface area contributed by atoms with Crippen molar-refractivity contribution in [1.29, 1.82) is 0 Å². The Kier molecular flexibility index (Phi) is 6.08. The highest BCUT2D eigenvalue weighted by Gasteiger charge is 2.27. The minimum atomic E-state index is -0.572. The fourth-order valence-corrected chi connectivity index (χ4v) is 3.96. The maximum Gasteiger partial charge on any atom is 0.270 e. The molecule has 0 atom stereocenters. The summed E-state index contributed by atoms with van der Waals surface area (Å²) in [5.41, 5.74) is 1.79. The van der Waals surface area contributed by atoms with E-state index in [-0.39, 0.29) is 28.2 Å². The monoisotopic (exact) mass is 442 g/mol. The highest BCUT2D eigenvalue weighted by molar-refractivity contribution is 6.34. The molecule has 2 aromatic rings. The summed E-state index contributed by atoms with van der Waals surface area (Å²) in [6, 6.07) is 9.21. The number of rotatable bonds is 6. The molecule has 0 unspecified atom stereocenters. The molecule has 0 aromatic heterocycles. The predicted octanol–water partition coefficient (Wildman–Crippen LogP) is 4.38. The van der Waals surface area contributed by atoms with Gasteiger partial charge in [0.2, 0.25) is 0 Å². The predicted molar refractivity (Wildman–Crippen MR) is 119 cm³/mol. The zero-order valence-electron chi connectivity index (χ0n) is 16.9. The summed E-state index contributed by atoms with van der Waals surface area (Å²) in [5, 5.41) is 16.6. The topological polar surface area (TPSA) is 105 Å². The first-order valence-electron chi connectivity index (χ1n) is 10.4. The molecule has 2 fully saturated rings. The molecule has 1 saturated heterocycles. The average molecular weight is 443 g/mol. The van der Waals surface area contributed by atoms with E-state index in [4.69, 9.17) is 11.6 Å². The van der Waals surface area contributed by atoms with E-state index in [1.165, 1.54) is 18.6 Å². The van der Waals surface area contributed by atoms with E-state index in [0.717, 1.165) is 50.5 Å². The van der Waals surface area contributed by atoms with Crippen LogP contribution in [-0.2, 0) is 0 Å². The molecule has 2 N–H and O–H groups in total. The smallest absolute Gasteiger partial charge is 0.270 e. The summed E-state index contributed by atoms with van der Waals surface area (Å²) in [6.07, 6.45) is 5.32. The number of anilines is 2. The van der Waals surface area contributed by atoms with E-state index in [0.29, 0.717) is 11.3 Å². The van der Waals surface area contributed by atoms with E-state index < -0.39 is 10.8 Å². The van der Waals surface area contributed by atoms with Gasteiger partial charge >= 0.3 is 0 Å². The van der Waals surface area contributed by atoms with Crippen molar-refractivity contribution in [2.75, 3.05) is 23.3 Å². The van der Waals surface area contributed by atoms with E-state index >= 15 is 0 Å². The van der Waals surface area contributed by atoms with Gasteiger partial charge in [0.1, 0.15) is 0 Å². The van der Waals surface area contributed by atoms with Crippen molar-refractivity contribution in [2.45, 2.75) is 38.1 Å². The molecule has 4 rings (SSSR count). The standard InChI is InChI=1S/C22H23ClN4O4/c23-19-13-16(27(30)31)7-8-17(19)21(28)25-15-6-9-20(26-10-2-1-3-11-26)18(12-15)22(29)24-14-4-5-14/h6-9,12-14H,1-5,10-11H2,(H,24,29)(H,25,28). The van der Waals surface area contributed by atoms with Gasteiger partial charge in [0, 0.05) is 42.6 Å². The number of carbonyl (C=O) groups excluding carboxylic acids is 2. The average Bonchev–Trinajstić information content (AvgIpc) is 3.58. The number of nitrogens with zero attached hydrogens (tertiary/aromatic N) is 2. The number of halogens is 1. The number of nitro groups is 1. The van der Waals surface area contributed by atoms with Crippen molar-refractivity contribution >= 4 is 40.5 Å². The molecule has 8 nitrogen and oxygen atoms in total. The van der Waals surface area contributed by atoms with E-state index in [1.807, 2.05) is 6.07 Å². The van der Waals surface area contributed by atoms with Crippen LogP contribution in [-0.4, -0.2) is 35.9 Å². The Labute approximate surface area is 184 Å². The quantitative estimate of drug-likeness (QED) is 0.510. The number of piperidine rings is 1. The highest BCUT2D eigenvalue weighted by atomic mass is 35.5. The molecule has 1 saturated carbocycles. The summed E-state index contributed by atoms with van der Waals surface area (Å²) in [7, 11) is 0. The summed E-state index contributed by atoms with van der Waals surface area (Å²) < 4.78 is 0. The Balaban J connectivity index is 1.58. The minimum Gasteiger partial charge on any atom is -0.371 e. The first-order chi connectivity index (χ1) is 14.9. The van der Waals surface area contributed by atoms with Crippen molar-refractivity contribution in [3.05, 3.63) is 62.7 Å². The second-order valence-electron chi connectivity index (χ2n) is 7.90. The van der Waals surface area contributed by atoms with Crippen LogP contribution in [0.5, 0.6) is 0 Å². The third-order valence-electron chi connectivity index (χ3n) is 5.52. The molecular weight excluding hydrogens is 420 g/mol. The number of benzene rings is 2. The lowest BCUT2D eigenvalue weighted by Crippen LogP contribution is -2.33. The molecule has 0 radical (unpaired) electrons. The minimum absolute atomic E-state index is 0.0108. The van der Waals surface area contributed by atoms with Crippen molar-refractivity contribution < 1.29 is 14.5 Å². The zero-order chi connectivity index (χ0) is 22.0. The van der Waals surface area contributed by atoms with Crippen LogP contribution in [0.2, 0.25) is 5.02 Å². The molecule has 31 heavy (non-hydrogen) atoms. The van der Waals surface area contributed by atoms with E-state index in [9.17, 15) is 19.7 Å². The van der Waals surface area contributed by atoms with Gasteiger partial charge < -0.3 is 15.5 Å². The number of carbonyl (C=O) groups is 2.